The van der Waals surface area contributed by atoms with Crippen LogP contribution in [-0.2, 0) is 13.0 Å². The molecular formula is C17H16ClN3O2. The number of fused-ring (bicyclic) bond motifs is 2. The van der Waals surface area contributed by atoms with E-state index >= 15 is 0 Å². The van der Waals surface area contributed by atoms with Crippen LogP contribution in [0.2, 0.25) is 5.02 Å². The monoisotopic (exact) mass is 329 g/mol. The number of nitrogens with one attached hydrogen (secondary N) is 1. The Kier molecular flexibility index (Phi) is 3.38. The van der Waals surface area contributed by atoms with Crippen LogP contribution in [0.3, 0.4) is 0 Å². The van der Waals surface area contributed by atoms with Crippen LogP contribution in [0, 0.1) is 6.92 Å². The summed E-state index contributed by atoms with van der Waals surface area (Å²) in [6.07, 6.45) is 5.50. The van der Waals surface area contributed by atoms with E-state index in [0.717, 1.165) is 36.2 Å². The van der Waals surface area contributed by atoms with E-state index in [9.17, 15) is 4.79 Å². The Balaban J connectivity index is 1.57. The number of carbonyl (C=O) groups excluding carboxylic acids is 1. The quantitative estimate of drug-likeness (QED) is 0.784. The van der Waals surface area contributed by atoms with Gasteiger partial charge >= 0.3 is 0 Å². The number of furan rings is 1. The summed E-state index contributed by atoms with van der Waals surface area (Å²) >= 11 is 6.02. The molecule has 5 nitrogen and oxygen atoms in total. The summed E-state index contributed by atoms with van der Waals surface area (Å²) in [5.74, 6) is 1.26. The maximum atomic E-state index is 12.6. The predicted molar refractivity (Wildman–Crippen MR) is 87.8 cm³/mol. The van der Waals surface area contributed by atoms with Gasteiger partial charge in [-0.25, -0.2) is 4.98 Å². The van der Waals surface area contributed by atoms with Gasteiger partial charge in [-0.3, -0.25) is 4.79 Å². The minimum atomic E-state index is -0.177. The first kappa shape index (κ1) is 14.3. The van der Waals surface area contributed by atoms with Crippen molar-refractivity contribution in [2.45, 2.75) is 32.4 Å². The largest absolute Gasteiger partial charge is 0.451 e. The number of hydrogen-bond acceptors (Lipinski definition) is 3. The maximum absolute atomic E-state index is 12.6. The fraction of sp³-hybridized carbons (Fsp3) is 0.294. The minimum Gasteiger partial charge on any atom is -0.451 e. The van der Waals surface area contributed by atoms with E-state index in [4.69, 9.17) is 16.0 Å². The van der Waals surface area contributed by atoms with Crippen LogP contribution in [0.4, 0.5) is 0 Å². The van der Waals surface area contributed by atoms with Crippen LogP contribution in [0.5, 0.6) is 0 Å². The number of carbonyl (C=O) groups is 1. The van der Waals surface area contributed by atoms with Crippen molar-refractivity contribution >= 4 is 28.5 Å². The van der Waals surface area contributed by atoms with Crippen molar-refractivity contribution in [1.29, 1.82) is 0 Å². The molecule has 0 spiro atoms. The second kappa shape index (κ2) is 5.42. The Morgan fingerprint density at radius 1 is 1.48 bits per heavy atom. The van der Waals surface area contributed by atoms with Gasteiger partial charge in [0.25, 0.3) is 5.91 Å². The lowest BCUT2D eigenvalue weighted by atomic mass is 10.1. The fourth-order valence-electron chi connectivity index (χ4n) is 3.14. The van der Waals surface area contributed by atoms with Gasteiger partial charge in [-0.15, -0.1) is 0 Å². The normalized spacial score (nSPS) is 17.2. The maximum Gasteiger partial charge on any atom is 0.287 e. The fourth-order valence-corrected chi connectivity index (χ4v) is 3.32. The van der Waals surface area contributed by atoms with Crippen LogP contribution in [-0.4, -0.2) is 21.5 Å². The minimum absolute atomic E-state index is 0.0837. The second-order valence-electron chi connectivity index (χ2n) is 5.90. The number of hydrogen-bond donors (Lipinski definition) is 1. The van der Waals surface area contributed by atoms with Gasteiger partial charge in [0.05, 0.1) is 0 Å². The van der Waals surface area contributed by atoms with Crippen molar-refractivity contribution in [3.63, 3.8) is 0 Å². The third-order valence-corrected chi connectivity index (χ3v) is 4.61. The molecule has 3 aromatic rings. The first-order valence-corrected chi connectivity index (χ1v) is 7.99. The van der Waals surface area contributed by atoms with E-state index in [-0.39, 0.29) is 11.9 Å². The summed E-state index contributed by atoms with van der Waals surface area (Å²) in [4.78, 5) is 16.9. The zero-order valence-electron chi connectivity index (χ0n) is 12.7. The van der Waals surface area contributed by atoms with Gasteiger partial charge in [-0.05, 0) is 31.5 Å². The molecule has 2 aromatic heterocycles. The average Bonchev–Trinajstić information content (AvgIpc) is 3.12. The third kappa shape index (κ3) is 2.51. The zero-order valence-corrected chi connectivity index (χ0v) is 13.4. The average molecular weight is 330 g/mol. The Bertz CT molecular complexity index is 897. The summed E-state index contributed by atoms with van der Waals surface area (Å²) in [5.41, 5.74) is 1.50. The lowest BCUT2D eigenvalue weighted by molar-refractivity contribution is 0.0900. The highest BCUT2D eigenvalue weighted by Gasteiger charge is 2.24. The van der Waals surface area contributed by atoms with Crippen LogP contribution in [0.15, 0.2) is 35.0 Å². The number of nitrogens with zero attached hydrogens (tertiary/aromatic N) is 2. The van der Waals surface area contributed by atoms with Crippen LogP contribution < -0.4 is 5.32 Å². The third-order valence-electron chi connectivity index (χ3n) is 4.37. The topological polar surface area (TPSA) is 60.1 Å². The van der Waals surface area contributed by atoms with E-state index in [1.807, 2.05) is 19.2 Å². The molecule has 0 saturated carbocycles. The van der Waals surface area contributed by atoms with Crippen molar-refractivity contribution in [2.24, 2.45) is 0 Å². The van der Waals surface area contributed by atoms with Crippen LogP contribution in [0.25, 0.3) is 11.0 Å². The first-order valence-electron chi connectivity index (χ1n) is 7.61. The molecule has 0 aliphatic carbocycles. The smallest absolute Gasteiger partial charge is 0.287 e. The number of imidazole rings is 1. The number of halogens is 1. The standard InChI is InChI=1S/C17H16ClN3O2/c1-10-13-8-11(18)2-4-14(13)23-16(10)17(22)20-12-3-5-15-19-6-7-21(15)9-12/h2,4,6-8,12H,3,5,9H2,1H3,(H,20,22)/t12-/m1/s1. The highest BCUT2D eigenvalue weighted by molar-refractivity contribution is 6.31. The number of aryl methyl sites for hydroxylation is 2. The highest BCUT2D eigenvalue weighted by atomic mass is 35.5. The predicted octanol–water partition coefficient (Wildman–Crippen LogP) is 3.34. The number of benzene rings is 1. The Hall–Kier alpha value is -2.27. The van der Waals surface area contributed by atoms with E-state index in [1.165, 1.54) is 0 Å². The van der Waals surface area contributed by atoms with Crippen molar-refractivity contribution in [3.05, 3.63) is 52.8 Å². The van der Waals surface area contributed by atoms with Gasteiger partial charge in [-0.1, -0.05) is 11.6 Å². The molecule has 4 rings (SSSR count). The molecule has 1 amide bonds. The van der Waals surface area contributed by atoms with Gasteiger partial charge in [0.15, 0.2) is 5.76 Å². The summed E-state index contributed by atoms with van der Waals surface area (Å²) in [7, 11) is 0. The van der Waals surface area contributed by atoms with Gasteiger partial charge < -0.3 is 14.3 Å². The van der Waals surface area contributed by atoms with Gasteiger partial charge in [0, 0.05) is 47.4 Å². The van der Waals surface area contributed by atoms with Crippen LogP contribution >= 0.6 is 11.6 Å². The molecule has 1 aliphatic heterocycles. The molecule has 1 N–H and O–H groups in total. The zero-order chi connectivity index (χ0) is 16.0. The molecule has 23 heavy (non-hydrogen) atoms. The molecule has 1 aliphatic rings. The van der Waals surface area contributed by atoms with Gasteiger partial charge in [0.2, 0.25) is 0 Å². The van der Waals surface area contributed by atoms with Crippen LogP contribution in [0.1, 0.15) is 28.4 Å². The Morgan fingerprint density at radius 2 is 2.35 bits per heavy atom. The lowest BCUT2D eigenvalue weighted by Crippen LogP contribution is -2.40. The van der Waals surface area contributed by atoms with E-state index in [2.05, 4.69) is 14.9 Å². The molecule has 1 aromatic carbocycles. The molecule has 0 saturated heterocycles. The highest BCUT2D eigenvalue weighted by Crippen LogP contribution is 2.28. The first-order chi connectivity index (χ1) is 11.1. The Morgan fingerprint density at radius 3 is 3.22 bits per heavy atom. The van der Waals surface area contributed by atoms with Crippen molar-refractivity contribution in [1.82, 2.24) is 14.9 Å². The SMILES string of the molecule is Cc1c(C(=O)N[C@@H]2CCc3nccn3C2)oc2ccc(Cl)cc12. The molecular weight excluding hydrogens is 314 g/mol. The van der Waals surface area contributed by atoms with Gasteiger partial charge in [0.1, 0.15) is 11.4 Å². The molecule has 0 radical (unpaired) electrons. The van der Waals surface area contributed by atoms with Crippen molar-refractivity contribution in [2.75, 3.05) is 0 Å². The summed E-state index contributed by atoms with van der Waals surface area (Å²) in [5, 5.41) is 4.58. The molecule has 0 bridgehead atoms. The molecule has 6 heteroatoms. The Labute approximate surface area is 138 Å². The van der Waals surface area contributed by atoms with Crippen molar-refractivity contribution in [3.8, 4) is 0 Å². The summed E-state index contributed by atoms with van der Waals surface area (Å²) in [6.45, 7) is 2.62. The number of rotatable bonds is 2. The number of amides is 1. The van der Waals surface area contributed by atoms with Crippen molar-refractivity contribution < 1.29 is 9.21 Å². The van der Waals surface area contributed by atoms with E-state index < -0.39 is 0 Å². The van der Waals surface area contributed by atoms with E-state index in [1.54, 1.807) is 18.3 Å². The van der Waals surface area contributed by atoms with E-state index in [0.29, 0.717) is 16.4 Å². The molecule has 0 fully saturated rings. The summed E-state index contributed by atoms with van der Waals surface area (Å²) < 4.78 is 7.80. The number of aromatic nitrogens is 2. The molecule has 3 heterocycles. The van der Waals surface area contributed by atoms with Gasteiger partial charge in [-0.2, -0.15) is 0 Å². The lowest BCUT2D eigenvalue weighted by Gasteiger charge is -2.24. The second-order valence-corrected chi connectivity index (χ2v) is 6.34. The molecule has 118 valence electrons. The molecule has 1 atom stereocenters. The summed E-state index contributed by atoms with van der Waals surface area (Å²) in [6, 6.07) is 5.46. The molecule has 0 unspecified atom stereocenters.